The number of amides is 1. The number of hydrogen-bond donors (Lipinski definition) is 0. The minimum atomic E-state index is -2.08. The van der Waals surface area contributed by atoms with Crippen molar-refractivity contribution in [1.29, 1.82) is 0 Å². The van der Waals surface area contributed by atoms with Gasteiger partial charge in [-0.3, -0.25) is 19.7 Å². The number of likely N-dealkylation sites (tertiary alicyclic amines) is 1. The van der Waals surface area contributed by atoms with Crippen molar-refractivity contribution in [2.24, 2.45) is 0 Å². The van der Waals surface area contributed by atoms with Crippen LogP contribution in [-0.4, -0.2) is 56.1 Å². The van der Waals surface area contributed by atoms with E-state index >= 15 is 0 Å². The Morgan fingerprint density at radius 2 is 1.97 bits per heavy atom. The zero-order chi connectivity index (χ0) is 22.9. The van der Waals surface area contributed by atoms with Crippen molar-refractivity contribution < 1.29 is 23.7 Å². The van der Waals surface area contributed by atoms with Crippen LogP contribution in [0.25, 0.3) is 0 Å². The molecule has 1 aliphatic heterocycles. The van der Waals surface area contributed by atoms with Gasteiger partial charge in [0.25, 0.3) is 11.6 Å². The Morgan fingerprint density at radius 3 is 2.50 bits per heavy atom. The van der Waals surface area contributed by atoms with Crippen LogP contribution in [0.1, 0.15) is 49.5 Å². The number of benzene rings is 1. The van der Waals surface area contributed by atoms with E-state index in [0.717, 1.165) is 0 Å². The summed E-state index contributed by atoms with van der Waals surface area (Å²) >= 11 is 0. The van der Waals surface area contributed by atoms with Gasteiger partial charge in [-0.2, -0.15) is 0 Å². The molecular weight excluding hydrogens is 404 g/mol. The van der Waals surface area contributed by atoms with Gasteiger partial charge in [0.15, 0.2) is 8.32 Å². The summed E-state index contributed by atoms with van der Waals surface area (Å²) in [4.78, 5) is 38.0. The first kappa shape index (κ1) is 24.0. The van der Waals surface area contributed by atoms with Crippen LogP contribution >= 0.6 is 0 Å². The van der Waals surface area contributed by atoms with E-state index in [9.17, 15) is 19.7 Å². The van der Waals surface area contributed by atoms with Crippen LogP contribution in [0.5, 0.6) is 5.75 Å². The number of nitro groups is 1. The fraction of sp³-hybridized carbons (Fsp3) is 0.619. The number of Topliss-reactive ketones (excluding diaryl/α,β-unsaturated/α-hetero) is 1. The number of rotatable bonds is 6. The molecule has 1 aromatic rings. The van der Waals surface area contributed by atoms with Crippen molar-refractivity contribution in [1.82, 2.24) is 4.90 Å². The van der Waals surface area contributed by atoms with Gasteiger partial charge >= 0.3 is 0 Å². The van der Waals surface area contributed by atoms with Crippen molar-refractivity contribution in [3.05, 3.63) is 33.4 Å². The molecule has 1 saturated heterocycles. The summed E-state index contributed by atoms with van der Waals surface area (Å²) in [5.41, 5.74) is 0.278. The van der Waals surface area contributed by atoms with Crippen LogP contribution in [0.15, 0.2) is 12.1 Å². The smallest absolute Gasteiger partial charge is 0.282 e. The van der Waals surface area contributed by atoms with Gasteiger partial charge in [0.05, 0.1) is 24.7 Å². The van der Waals surface area contributed by atoms with Crippen LogP contribution in [0.3, 0.4) is 0 Å². The number of methoxy groups -OCH3 is 1. The molecule has 30 heavy (non-hydrogen) atoms. The number of carbonyl (C=O) groups is 2. The minimum absolute atomic E-state index is 0.0103. The Morgan fingerprint density at radius 1 is 1.33 bits per heavy atom. The van der Waals surface area contributed by atoms with E-state index in [1.165, 1.54) is 19.2 Å². The molecular formula is C21H32N2O6Si. The molecule has 1 aromatic carbocycles. The van der Waals surface area contributed by atoms with Gasteiger partial charge in [-0.25, -0.2) is 0 Å². The predicted molar refractivity (Wildman–Crippen MR) is 117 cm³/mol. The van der Waals surface area contributed by atoms with Gasteiger partial charge in [0.1, 0.15) is 17.1 Å². The number of aryl methyl sites for hydroxylation is 1. The van der Waals surface area contributed by atoms with Gasteiger partial charge in [0, 0.05) is 31.5 Å². The van der Waals surface area contributed by atoms with Gasteiger partial charge in [-0.05, 0) is 30.6 Å². The minimum Gasteiger partial charge on any atom is -0.496 e. The number of ether oxygens (including phenoxy) is 1. The SMILES string of the molecule is COc1cc(C(=O)N2CCC(=O)C[C@H]2CO[Si](C)(C)C(C)(C)C)c([N+](=O)[O-])cc1C. The van der Waals surface area contributed by atoms with E-state index in [4.69, 9.17) is 9.16 Å². The Bertz CT molecular complexity index is 847. The van der Waals surface area contributed by atoms with Crippen LogP contribution in [0, 0.1) is 17.0 Å². The molecule has 0 saturated carbocycles. The molecule has 0 bridgehead atoms. The highest BCUT2D eigenvalue weighted by molar-refractivity contribution is 6.74. The number of piperidine rings is 1. The van der Waals surface area contributed by atoms with Crippen molar-refractivity contribution in [2.75, 3.05) is 20.3 Å². The van der Waals surface area contributed by atoms with Crippen molar-refractivity contribution in [3.8, 4) is 5.75 Å². The van der Waals surface area contributed by atoms with Gasteiger partial charge in [0.2, 0.25) is 0 Å². The molecule has 0 aliphatic carbocycles. The normalized spacial score (nSPS) is 17.8. The topological polar surface area (TPSA) is 99.0 Å². The average molecular weight is 437 g/mol. The van der Waals surface area contributed by atoms with E-state index in [1.807, 2.05) is 0 Å². The summed E-state index contributed by atoms with van der Waals surface area (Å²) < 4.78 is 11.5. The molecule has 166 valence electrons. The maximum atomic E-state index is 13.4. The first-order chi connectivity index (χ1) is 13.8. The monoisotopic (exact) mass is 436 g/mol. The fourth-order valence-electron chi connectivity index (χ4n) is 3.21. The summed E-state index contributed by atoms with van der Waals surface area (Å²) in [6, 6.07) is 2.32. The van der Waals surface area contributed by atoms with Gasteiger partial charge in [-0.15, -0.1) is 0 Å². The summed E-state index contributed by atoms with van der Waals surface area (Å²) in [5, 5.41) is 11.6. The molecule has 1 amide bonds. The maximum absolute atomic E-state index is 13.4. The second-order valence-electron chi connectivity index (χ2n) is 9.31. The Balaban J connectivity index is 2.36. The largest absolute Gasteiger partial charge is 0.496 e. The van der Waals surface area contributed by atoms with Crippen LogP contribution in [-0.2, 0) is 9.22 Å². The average Bonchev–Trinajstić information content (AvgIpc) is 2.64. The maximum Gasteiger partial charge on any atom is 0.282 e. The first-order valence-electron chi connectivity index (χ1n) is 10.1. The number of ketones is 1. The predicted octanol–water partition coefficient (Wildman–Crippen LogP) is 4.11. The van der Waals surface area contributed by atoms with E-state index in [0.29, 0.717) is 11.3 Å². The summed E-state index contributed by atoms with van der Waals surface area (Å²) in [6.07, 6.45) is 0.427. The van der Waals surface area contributed by atoms with Crippen LogP contribution < -0.4 is 4.74 Å². The highest BCUT2D eigenvalue weighted by atomic mass is 28.4. The number of hydrogen-bond acceptors (Lipinski definition) is 6. The molecule has 1 fully saturated rings. The van der Waals surface area contributed by atoms with E-state index in [-0.39, 0.29) is 48.1 Å². The first-order valence-corrected chi connectivity index (χ1v) is 13.0. The molecule has 9 heteroatoms. The third kappa shape index (κ3) is 5.07. The molecule has 1 aliphatic rings. The number of nitrogens with zero attached hydrogens (tertiary/aromatic N) is 2. The second-order valence-corrected chi connectivity index (χ2v) is 14.1. The molecule has 1 atom stereocenters. The second kappa shape index (κ2) is 8.85. The van der Waals surface area contributed by atoms with Crippen molar-refractivity contribution in [2.45, 2.75) is 64.7 Å². The van der Waals surface area contributed by atoms with Crippen molar-refractivity contribution in [3.63, 3.8) is 0 Å². The van der Waals surface area contributed by atoms with Gasteiger partial charge < -0.3 is 14.1 Å². The zero-order valence-electron chi connectivity index (χ0n) is 18.9. The van der Waals surface area contributed by atoms with E-state index in [2.05, 4.69) is 33.9 Å². The third-order valence-corrected chi connectivity index (χ3v) is 10.7. The Labute approximate surface area is 178 Å². The molecule has 0 aromatic heterocycles. The lowest BCUT2D eigenvalue weighted by Gasteiger charge is -2.40. The van der Waals surface area contributed by atoms with E-state index < -0.39 is 25.2 Å². The number of carbonyl (C=O) groups excluding carboxylic acids is 2. The fourth-order valence-corrected chi connectivity index (χ4v) is 4.25. The molecule has 2 rings (SSSR count). The van der Waals surface area contributed by atoms with Crippen LogP contribution in [0.4, 0.5) is 5.69 Å². The lowest BCUT2D eigenvalue weighted by molar-refractivity contribution is -0.385. The zero-order valence-corrected chi connectivity index (χ0v) is 19.9. The van der Waals surface area contributed by atoms with Gasteiger partial charge in [-0.1, -0.05) is 20.8 Å². The lowest BCUT2D eigenvalue weighted by atomic mass is 9.99. The third-order valence-electron chi connectivity index (χ3n) is 6.18. The Kier molecular flexibility index (Phi) is 7.08. The molecule has 0 spiro atoms. The molecule has 8 nitrogen and oxygen atoms in total. The highest BCUT2D eigenvalue weighted by Gasteiger charge is 2.40. The molecule has 0 N–H and O–H groups in total. The molecule has 0 radical (unpaired) electrons. The highest BCUT2D eigenvalue weighted by Crippen LogP contribution is 2.37. The van der Waals surface area contributed by atoms with Crippen molar-refractivity contribution >= 4 is 25.7 Å². The summed E-state index contributed by atoms with van der Waals surface area (Å²) in [7, 11) is -0.627. The standard InChI is InChI=1S/C21H32N2O6Si/c1-14-10-18(23(26)27)17(12-19(14)28-5)20(25)22-9-8-16(24)11-15(22)13-29-30(6,7)21(2,3)4/h10,12,15H,8-9,11,13H2,1-7H3/t15-/m0/s1. The van der Waals surface area contributed by atoms with E-state index in [1.54, 1.807) is 11.8 Å². The quantitative estimate of drug-likeness (QED) is 0.378. The molecule has 1 heterocycles. The summed E-state index contributed by atoms with van der Waals surface area (Å²) in [6.45, 7) is 12.7. The Hall–Kier alpha value is -2.26. The lowest BCUT2D eigenvalue weighted by Crippen LogP contribution is -2.51. The molecule has 0 unspecified atom stereocenters. The van der Waals surface area contributed by atoms with Crippen LogP contribution in [0.2, 0.25) is 18.1 Å². The summed E-state index contributed by atoms with van der Waals surface area (Å²) in [5.74, 6) is 0.00121. The number of nitro benzene ring substituents is 1.